The van der Waals surface area contributed by atoms with Gasteiger partial charge in [-0.15, -0.1) is 0 Å². The van der Waals surface area contributed by atoms with Crippen LogP contribution in [0.3, 0.4) is 0 Å². The molecule has 3 aromatic rings. The summed E-state index contributed by atoms with van der Waals surface area (Å²) in [5.74, 6) is 1.59. The molecular formula is C18H17NO4. The summed E-state index contributed by atoms with van der Waals surface area (Å²) < 4.78 is 16.0. The monoisotopic (exact) mass is 311 g/mol. The fourth-order valence-electron chi connectivity index (χ4n) is 2.59. The number of aromatic nitrogens is 1. The first kappa shape index (κ1) is 15.0. The molecule has 0 saturated heterocycles. The van der Waals surface area contributed by atoms with Crippen molar-refractivity contribution < 1.29 is 14.2 Å². The maximum absolute atomic E-state index is 12.3. The average Bonchev–Trinajstić information content (AvgIpc) is 2.60. The second kappa shape index (κ2) is 6.04. The second-order valence-electron chi connectivity index (χ2n) is 5.01. The largest absolute Gasteiger partial charge is 0.493 e. The van der Waals surface area contributed by atoms with Gasteiger partial charge in [0.2, 0.25) is 5.75 Å². The van der Waals surface area contributed by atoms with Crippen LogP contribution in [0.25, 0.3) is 22.2 Å². The molecular weight excluding hydrogens is 294 g/mol. The third kappa shape index (κ3) is 2.61. The van der Waals surface area contributed by atoms with E-state index >= 15 is 0 Å². The van der Waals surface area contributed by atoms with Gasteiger partial charge in [-0.2, -0.15) is 0 Å². The Morgan fingerprint density at radius 2 is 1.52 bits per heavy atom. The molecule has 5 heteroatoms. The number of benzene rings is 2. The highest BCUT2D eigenvalue weighted by atomic mass is 16.5. The van der Waals surface area contributed by atoms with Gasteiger partial charge in [0, 0.05) is 28.2 Å². The molecule has 2 aromatic carbocycles. The van der Waals surface area contributed by atoms with E-state index in [0.717, 1.165) is 11.1 Å². The number of ether oxygens (including phenoxy) is 3. The van der Waals surface area contributed by atoms with Crippen LogP contribution in [0.5, 0.6) is 17.2 Å². The zero-order valence-electron chi connectivity index (χ0n) is 13.2. The average molecular weight is 311 g/mol. The predicted octanol–water partition coefficient (Wildman–Crippen LogP) is 3.22. The SMILES string of the molecule is COc1cc(-c2cc(=O)c3ccccc3[nH]2)cc(OC)c1OC. The van der Waals surface area contributed by atoms with Crippen LogP contribution in [-0.2, 0) is 0 Å². The van der Waals surface area contributed by atoms with E-state index in [0.29, 0.717) is 28.3 Å². The van der Waals surface area contributed by atoms with Crippen LogP contribution in [0.15, 0.2) is 47.3 Å². The van der Waals surface area contributed by atoms with Gasteiger partial charge in [-0.25, -0.2) is 0 Å². The molecule has 0 spiro atoms. The van der Waals surface area contributed by atoms with Gasteiger partial charge in [0.25, 0.3) is 0 Å². The number of methoxy groups -OCH3 is 3. The first-order valence-corrected chi connectivity index (χ1v) is 7.10. The summed E-state index contributed by atoms with van der Waals surface area (Å²) in [6, 6.07) is 12.6. The minimum absolute atomic E-state index is 0.0388. The molecule has 5 nitrogen and oxygen atoms in total. The molecule has 0 aliphatic rings. The first-order valence-electron chi connectivity index (χ1n) is 7.10. The number of hydrogen-bond donors (Lipinski definition) is 1. The summed E-state index contributed by atoms with van der Waals surface area (Å²) >= 11 is 0. The quantitative estimate of drug-likeness (QED) is 0.803. The van der Waals surface area contributed by atoms with E-state index in [4.69, 9.17) is 14.2 Å². The fraction of sp³-hybridized carbons (Fsp3) is 0.167. The summed E-state index contributed by atoms with van der Waals surface area (Å²) in [4.78, 5) is 15.6. The van der Waals surface area contributed by atoms with Crippen molar-refractivity contribution in [3.8, 4) is 28.5 Å². The van der Waals surface area contributed by atoms with E-state index in [1.165, 1.54) is 0 Å². The van der Waals surface area contributed by atoms with Crippen LogP contribution in [0.2, 0.25) is 0 Å². The number of aromatic amines is 1. The van der Waals surface area contributed by atoms with E-state index in [2.05, 4.69) is 4.98 Å². The van der Waals surface area contributed by atoms with E-state index < -0.39 is 0 Å². The molecule has 0 saturated carbocycles. The van der Waals surface area contributed by atoms with Crippen LogP contribution in [-0.4, -0.2) is 26.3 Å². The molecule has 0 atom stereocenters. The van der Waals surface area contributed by atoms with Crippen molar-refractivity contribution in [1.29, 1.82) is 0 Å². The van der Waals surface area contributed by atoms with Gasteiger partial charge >= 0.3 is 0 Å². The molecule has 118 valence electrons. The summed E-state index contributed by atoms with van der Waals surface area (Å²) in [6.45, 7) is 0. The topological polar surface area (TPSA) is 60.6 Å². The molecule has 0 aliphatic carbocycles. The van der Waals surface area contributed by atoms with Crippen LogP contribution in [0.1, 0.15) is 0 Å². The van der Waals surface area contributed by atoms with Crippen LogP contribution >= 0.6 is 0 Å². The fourth-order valence-corrected chi connectivity index (χ4v) is 2.59. The van der Waals surface area contributed by atoms with Crippen molar-refractivity contribution in [2.24, 2.45) is 0 Å². The van der Waals surface area contributed by atoms with Crippen molar-refractivity contribution in [3.05, 3.63) is 52.7 Å². The Morgan fingerprint density at radius 3 is 2.13 bits per heavy atom. The molecule has 0 amide bonds. The van der Waals surface area contributed by atoms with Crippen LogP contribution in [0.4, 0.5) is 0 Å². The Labute approximate surface area is 133 Å². The maximum Gasteiger partial charge on any atom is 0.203 e. The van der Waals surface area contributed by atoms with Crippen LogP contribution < -0.4 is 19.6 Å². The molecule has 1 N–H and O–H groups in total. The predicted molar refractivity (Wildman–Crippen MR) is 89.7 cm³/mol. The highest BCUT2D eigenvalue weighted by molar-refractivity contribution is 5.82. The smallest absolute Gasteiger partial charge is 0.203 e. The lowest BCUT2D eigenvalue weighted by molar-refractivity contribution is 0.324. The Bertz CT molecular complexity index is 889. The molecule has 0 fully saturated rings. The Kier molecular flexibility index (Phi) is 3.93. The summed E-state index contributed by atoms with van der Waals surface area (Å²) in [5, 5.41) is 0.656. The highest BCUT2D eigenvalue weighted by Crippen LogP contribution is 2.40. The van der Waals surface area contributed by atoms with Crippen LogP contribution in [0, 0.1) is 0 Å². The van der Waals surface area contributed by atoms with Crippen molar-refractivity contribution >= 4 is 10.9 Å². The van der Waals surface area contributed by atoms with Gasteiger partial charge in [-0.1, -0.05) is 12.1 Å². The molecule has 1 heterocycles. The van der Waals surface area contributed by atoms with Crippen molar-refractivity contribution in [2.45, 2.75) is 0 Å². The van der Waals surface area contributed by atoms with Gasteiger partial charge < -0.3 is 19.2 Å². The number of rotatable bonds is 4. The number of hydrogen-bond acceptors (Lipinski definition) is 4. The standard InChI is InChI=1S/C18H17NO4/c1-21-16-8-11(9-17(22-2)18(16)23-3)14-10-15(20)12-6-4-5-7-13(12)19-14/h4-10H,1-3H3,(H,19,20). The number of fused-ring (bicyclic) bond motifs is 1. The second-order valence-corrected chi connectivity index (χ2v) is 5.01. The highest BCUT2D eigenvalue weighted by Gasteiger charge is 2.15. The number of H-pyrrole nitrogens is 1. The van der Waals surface area contributed by atoms with Gasteiger partial charge in [-0.05, 0) is 24.3 Å². The maximum atomic E-state index is 12.3. The minimum atomic E-state index is -0.0388. The third-order valence-electron chi connectivity index (χ3n) is 3.71. The zero-order valence-corrected chi connectivity index (χ0v) is 13.2. The lowest BCUT2D eigenvalue weighted by Gasteiger charge is -2.14. The Morgan fingerprint density at radius 1 is 0.870 bits per heavy atom. The van der Waals surface area contributed by atoms with Crippen molar-refractivity contribution in [2.75, 3.05) is 21.3 Å². The molecule has 1 aromatic heterocycles. The lowest BCUT2D eigenvalue weighted by Crippen LogP contribution is -2.03. The lowest BCUT2D eigenvalue weighted by atomic mass is 10.1. The minimum Gasteiger partial charge on any atom is -0.493 e. The van der Waals surface area contributed by atoms with Gasteiger partial charge in [0.05, 0.1) is 21.3 Å². The Hall–Kier alpha value is -2.95. The molecule has 0 aliphatic heterocycles. The molecule has 0 bridgehead atoms. The van der Waals surface area contributed by atoms with Gasteiger partial charge in [0.15, 0.2) is 16.9 Å². The van der Waals surface area contributed by atoms with Crippen molar-refractivity contribution in [3.63, 3.8) is 0 Å². The van der Waals surface area contributed by atoms with Gasteiger partial charge in [-0.3, -0.25) is 4.79 Å². The van der Waals surface area contributed by atoms with E-state index in [9.17, 15) is 4.79 Å². The normalized spacial score (nSPS) is 10.6. The van der Waals surface area contributed by atoms with E-state index in [1.54, 1.807) is 45.6 Å². The number of nitrogens with one attached hydrogen (secondary N) is 1. The molecule has 3 rings (SSSR count). The molecule has 23 heavy (non-hydrogen) atoms. The molecule has 0 radical (unpaired) electrons. The Balaban J connectivity index is 2.24. The van der Waals surface area contributed by atoms with Crippen molar-refractivity contribution in [1.82, 2.24) is 4.98 Å². The number of pyridine rings is 1. The number of para-hydroxylation sites is 1. The molecule has 0 unspecified atom stereocenters. The summed E-state index contributed by atoms with van der Waals surface area (Å²) in [7, 11) is 4.67. The van der Waals surface area contributed by atoms with E-state index in [-0.39, 0.29) is 5.43 Å². The van der Waals surface area contributed by atoms with E-state index in [1.807, 2.05) is 18.2 Å². The zero-order chi connectivity index (χ0) is 16.4. The first-order chi connectivity index (χ1) is 11.2. The third-order valence-corrected chi connectivity index (χ3v) is 3.71. The summed E-state index contributed by atoms with van der Waals surface area (Å²) in [5.41, 5.74) is 2.21. The summed E-state index contributed by atoms with van der Waals surface area (Å²) in [6.07, 6.45) is 0. The van der Waals surface area contributed by atoms with Gasteiger partial charge in [0.1, 0.15) is 0 Å².